The fraction of sp³-hybridized carbons (Fsp3) is 0.167. The van der Waals surface area contributed by atoms with Crippen molar-refractivity contribution in [3.8, 4) is 5.75 Å². The van der Waals surface area contributed by atoms with Crippen LogP contribution in [0.3, 0.4) is 0 Å². The van der Waals surface area contributed by atoms with Crippen LogP contribution in [-0.4, -0.2) is 39.9 Å². The second-order valence-corrected chi connectivity index (χ2v) is 5.79. The van der Waals surface area contributed by atoms with Gasteiger partial charge in [0.15, 0.2) is 12.3 Å². The number of aryl methyl sites for hydroxylation is 1. The van der Waals surface area contributed by atoms with Crippen LogP contribution in [0.5, 0.6) is 5.75 Å². The number of nitrogens with zero attached hydrogens (tertiary/aromatic N) is 3. The Hall–Kier alpha value is -3.95. The van der Waals surface area contributed by atoms with E-state index in [0.29, 0.717) is 5.65 Å². The first-order chi connectivity index (χ1) is 13.4. The molecule has 0 unspecified atom stereocenters. The van der Waals surface area contributed by atoms with Crippen LogP contribution in [0.1, 0.15) is 16.2 Å². The molecule has 0 aliphatic carbocycles. The largest absolute Gasteiger partial charge is 0.494 e. The Kier molecular flexibility index (Phi) is 5.21. The minimum atomic E-state index is -0.742. The van der Waals surface area contributed by atoms with Crippen LogP contribution < -0.4 is 10.1 Å². The predicted octanol–water partition coefficient (Wildman–Crippen LogP) is 2.36. The first-order valence-electron chi connectivity index (χ1n) is 8.13. The molecule has 0 fully saturated rings. The van der Waals surface area contributed by atoms with Crippen molar-refractivity contribution >= 4 is 28.9 Å². The summed E-state index contributed by atoms with van der Waals surface area (Å²) < 4.78 is 11.8. The van der Waals surface area contributed by atoms with Crippen LogP contribution in [0.4, 0.5) is 11.4 Å². The third kappa shape index (κ3) is 3.90. The summed E-state index contributed by atoms with van der Waals surface area (Å²) in [4.78, 5) is 38.6. The number of fused-ring (bicyclic) bond motifs is 1. The highest BCUT2D eigenvalue weighted by molar-refractivity contribution is 5.96. The first kappa shape index (κ1) is 18.8. The van der Waals surface area contributed by atoms with Gasteiger partial charge in [-0.2, -0.15) is 0 Å². The lowest BCUT2D eigenvalue weighted by Crippen LogP contribution is -2.21. The SMILES string of the molecule is COc1cc([N+](=O)[O-])ccc1NC(=O)COC(=O)c1cn2c(C)cccc2n1. The first-order valence-corrected chi connectivity index (χ1v) is 8.13. The van der Waals surface area contributed by atoms with E-state index in [1.807, 2.05) is 19.1 Å². The Labute approximate surface area is 158 Å². The summed E-state index contributed by atoms with van der Waals surface area (Å²) in [6.07, 6.45) is 1.53. The number of non-ortho nitro benzene ring substituents is 1. The number of aromatic nitrogens is 2. The maximum atomic E-state index is 12.1. The van der Waals surface area contributed by atoms with E-state index in [1.165, 1.54) is 31.5 Å². The molecule has 3 rings (SSSR count). The number of pyridine rings is 1. The third-order valence-corrected chi connectivity index (χ3v) is 3.91. The van der Waals surface area contributed by atoms with Crippen molar-refractivity contribution in [3.63, 3.8) is 0 Å². The fourth-order valence-corrected chi connectivity index (χ4v) is 2.53. The number of carbonyl (C=O) groups is 2. The normalized spacial score (nSPS) is 10.5. The van der Waals surface area contributed by atoms with Gasteiger partial charge < -0.3 is 19.2 Å². The Bertz CT molecular complexity index is 1080. The van der Waals surface area contributed by atoms with Gasteiger partial charge in [-0.3, -0.25) is 14.9 Å². The number of esters is 1. The number of nitro benzene ring substituents is 1. The van der Waals surface area contributed by atoms with Crippen molar-refractivity contribution in [3.05, 3.63) is 64.1 Å². The molecule has 0 radical (unpaired) electrons. The summed E-state index contributed by atoms with van der Waals surface area (Å²) in [5.41, 5.74) is 1.61. The molecule has 0 saturated carbocycles. The number of amides is 1. The fourth-order valence-electron chi connectivity index (χ4n) is 2.53. The quantitative estimate of drug-likeness (QED) is 0.393. The molecule has 28 heavy (non-hydrogen) atoms. The molecule has 2 aromatic heterocycles. The number of ether oxygens (including phenoxy) is 2. The summed E-state index contributed by atoms with van der Waals surface area (Å²) in [7, 11) is 1.32. The van der Waals surface area contributed by atoms with Crippen LogP contribution in [-0.2, 0) is 9.53 Å². The molecule has 0 spiro atoms. The lowest BCUT2D eigenvalue weighted by Gasteiger charge is -2.10. The van der Waals surface area contributed by atoms with E-state index in [2.05, 4.69) is 10.3 Å². The van der Waals surface area contributed by atoms with E-state index in [4.69, 9.17) is 9.47 Å². The number of rotatable bonds is 6. The Morgan fingerprint density at radius 1 is 1.29 bits per heavy atom. The van der Waals surface area contributed by atoms with Gasteiger partial charge in [0.2, 0.25) is 0 Å². The van der Waals surface area contributed by atoms with Crippen molar-refractivity contribution in [1.82, 2.24) is 9.38 Å². The second kappa shape index (κ2) is 7.74. The monoisotopic (exact) mass is 384 g/mol. The zero-order valence-corrected chi connectivity index (χ0v) is 15.0. The Morgan fingerprint density at radius 3 is 2.75 bits per heavy atom. The average molecular weight is 384 g/mol. The summed E-state index contributed by atoms with van der Waals surface area (Å²) in [5.74, 6) is -1.25. The molecule has 144 valence electrons. The maximum absolute atomic E-state index is 12.1. The molecular weight excluding hydrogens is 368 g/mol. The van der Waals surface area contributed by atoms with Gasteiger partial charge in [0.25, 0.3) is 11.6 Å². The molecule has 2 heterocycles. The van der Waals surface area contributed by atoms with Gasteiger partial charge in [-0.05, 0) is 25.1 Å². The number of nitrogens with one attached hydrogen (secondary N) is 1. The molecule has 1 aromatic carbocycles. The van der Waals surface area contributed by atoms with Crippen molar-refractivity contribution in [2.24, 2.45) is 0 Å². The number of carbonyl (C=O) groups excluding carboxylic acids is 2. The van der Waals surface area contributed by atoms with Gasteiger partial charge in [0.05, 0.1) is 23.8 Å². The second-order valence-electron chi connectivity index (χ2n) is 5.79. The third-order valence-electron chi connectivity index (χ3n) is 3.91. The molecule has 3 aromatic rings. The summed E-state index contributed by atoms with van der Waals surface area (Å²) in [5, 5.41) is 13.3. The molecule has 0 aliphatic rings. The van der Waals surface area contributed by atoms with Crippen LogP contribution in [0.25, 0.3) is 5.65 Å². The predicted molar refractivity (Wildman–Crippen MR) is 98.5 cm³/mol. The Morgan fingerprint density at radius 2 is 2.07 bits per heavy atom. The van der Waals surface area contributed by atoms with Gasteiger partial charge in [0.1, 0.15) is 11.4 Å². The number of methoxy groups -OCH3 is 1. The highest BCUT2D eigenvalue weighted by Gasteiger charge is 2.17. The van der Waals surface area contributed by atoms with Crippen LogP contribution in [0.2, 0.25) is 0 Å². The zero-order chi connectivity index (χ0) is 20.3. The molecule has 1 amide bonds. The van der Waals surface area contributed by atoms with Crippen molar-refractivity contribution in [2.45, 2.75) is 6.92 Å². The molecule has 10 heteroatoms. The number of hydrogen-bond donors (Lipinski definition) is 1. The smallest absolute Gasteiger partial charge is 0.359 e. The topological polar surface area (TPSA) is 125 Å². The maximum Gasteiger partial charge on any atom is 0.359 e. The Balaban J connectivity index is 1.64. The summed E-state index contributed by atoms with van der Waals surface area (Å²) in [6, 6.07) is 9.18. The number of benzene rings is 1. The van der Waals surface area contributed by atoms with E-state index >= 15 is 0 Å². The van der Waals surface area contributed by atoms with Gasteiger partial charge in [-0.1, -0.05) is 6.07 Å². The molecule has 0 aliphatic heterocycles. The minimum absolute atomic E-state index is 0.0787. The highest BCUT2D eigenvalue weighted by atomic mass is 16.6. The summed E-state index contributed by atoms with van der Waals surface area (Å²) in [6.45, 7) is 1.32. The molecule has 0 saturated heterocycles. The van der Waals surface area contributed by atoms with Crippen LogP contribution >= 0.6 is 0 Å². The van der Waals surface area contributed by atoms with Gasteiger partial charge in [-0.25, -0.2) is 9.78 Å². The minimum Gasteiger partial charge on any atom is -0.494 e. The van der Waals surface area contributed by atoms with Crippen molar-refractivity contribution in [2.75, 3.05) is 19.0 Å². The highest BCUT2D eigenvalue weighted by Crippen LogP contribution is 2.28. The number of hydrogen-bond acceptors (Lipinski definition) is 7. The molecule has 0 bridgehead atoms. The van der Waals surface area contributed by atoms with Crippen LogP contribution in [0.15, 0.2) is 42.6 Å². The molecule has 1 N–H and O–H groups in total. The van der Waals surface area contributed by atoms with Gasteiger partial charge in [0, 0.05) is 18.0 Å². The van der Waals surface area contributed by atoms with Gasteiger partial charge in [-0.15, -0.1) is 0 Å². The van der Waals surface area contributed by atoms with E-state index in [-0.39, 0.29) is 22.8 Å². The lowest BCUT2D eigenvalue weighted by molar-refractivity contribution is -0.384. The number of imidazole rings is 1. The molecule has 0 atom stereocenters. The zero-order valence-electron chi connectivity index (χ0n) is 15.0. The van der Waals surface area contributed by atoms with Crippen LogP contribution in [0, 0.1) is 17.0 Å². The number of anilines is 1. The van der Waals surface area contributed by atoms with Crippen molar-refractivity contribution < 1.29 is 24.0 Å². The average Bonchev–Trinajstić information content (AvgIpc) is 3.12. The number of nitro groups is 1. The van der Waals surface area contributed by atoms with E-state index in [9.17, 15) is 19.7 Å². The van der Waals surface area contributed by atoms with E-state index in [1.54, 1.807) is 10.5 Å². The standard InChI is InChI=1S/C18H16N4O6/c1-11-4-3-5-16-19-14(9-21(11)16)18(24)28-10-17(23)20-13-7-6-12(22(25)26)8-15(13)27-2/h3-9H,10H2,1-2H3,(H,20,23). The lowest BCUT2D eigenvalue weighted by atomic mass is 10.2. The molecule has 10 nitrogen and oxygen atoms in total. The molecular formula is C18H16N4O6. The van der Waals surface area contributed by atoms with Crippen molar-refractivity contribution in [1.29, 1.82) is 0 Å². The van der Waals surface area contributed by atoms with Gasteiger partial charge >= 0.3 is 5.97 Å². The van der Waals surface area contributed by atoms with E-state index in [0.717, 1.165) is 5.69 Å². The summed E-state index contributed by atoms with van der Waals surface area (Å²) >= 11 is 0. The van der Waals surface area contributed by atoms with E-state index < -0.39 is 23.4 Å².